The molecule has 0 unspecified atom stereocenters. The zero-order chi connectivity index (χ0) is 24.1. The fourth-order valence-electron chi connectivity index (χ4n) is 3.06. The van der Waals surface area contributed by atoms with Crippen LogP contribution < -0.4 is 5.43 Å². The lowest BCUT2D eigenvalue weighted by atomic mass is 10.1. The van der Waals surface area contributed by atoms with E-state index in [1.54, 1.807) is 24.3 Å². The van der Waals surface area contributed by atoms with Gasteiger partial charge in [0.1, 0.15) is 0 Å². The smallest absolute Gasteiger partial charge is 0.250 e. The van der Waals surface area contributed by atoms with Crippen LogP contribution in [-0.4, -0.2) is 32.1 Å². The number of hydrogen-bond acceptors (Lipinski definition) is 5. The van der Waals surface area contributed by atoms with Crippen molar-refractivity contribution in [2.75, 3.05) is 5.75 Å². The molecule has 1 N–H and O–H groups in total. The first-order valence-electron chi connectivity index (χ1n) is 10.1. The van der Waals surface area contributed by atoms with Crippen LogP contribution in [0.2, 0.25) is 10.0 Å². The maximum atomic E-state index is 12.5. The highest BCUT2D eigenvalue weighted by molar-refractivity contribution is 9.10. The highest BCUT2D eigenvalue weighted by Crippen LogP contribution is 2.29. The van der Waals surface area contributed by atoms with Gasteiger partial charge in [0.25, 0.3) is 5.91 Å². The summed E-state index contributed by atoms with van der Waals surface area (Å²) in [6, 6.07) is 22.4. The molecule has 0 aliphatic carbocycles. The molecule has 0 aliphatic rings. The van der Waals surface area contributed by atoms with Gasteiger partial charge in [0.15, 0.2) is 11.0 Å². The Morgan fingerprint density at radius 3 is 2.38 bits per heavy atom. The van der Waals surface area contributed by atoms with Crippen LogP contribution in [0.15, 0.2) is 87.5 Å². The Kier molecular flexibility index (Phi) is 8.05. The molecule has 0 bridgehead atoms. The third-order valence-electron chi connectivity index (χ3n) is 4.74. The van der Waals surface area contributed by atoms with Crippen molar-refractivity contribution in [3.8, 4) is 17.1 Å². The van der Waals surface area contributed by atoms with Crippen LogP contribution >= 0.6 is 50.9 Å². The summed E-state index contributed by atoms with van der Waals surface area (Å²) in [6.45, 7) is 1.84. The van der Waals surface area contributed by atoms with E-state index in [1.807, 2.05) is 60.0 Å². The van der Waals surface area contributed by atoms with Crippen molar-refractivity contribution in [2.24, 2.45) is 5.10 Å². The molecule has 0 radical (unpaired) electrons. The third-order valence-corrected chi connectivity index (χ3v) is 6.67. The van der Waals surface area contributed by atoms with E-state index in [1.165, 1.54) is 11.8 Å². The summed E-state index contributed by atoms with van der Waals surface area (Å²) >= 11 is 16.8. The molecule has 0 saturated carbocycles. The third kappa shape index (κ3) is 6.07. The Hall–Kier alpha value is -2.65. The highest BCUT2D eigenvalue weighted by atomic mass is 79.9. The lowest BCUT2D eigenvalue weighted by molar-refractivity contribution is -0.118. The summed E-state index contributed by atoms with van der Waals surface area (Å²) in [6.07, 6.45) is 0. The normalized spacial score (nSPS) is 11.5. The zero-order valence-electron chi connectivity index (χ0n) is 17.9. The van der Waals surface area contributed by atoms with E-state index in [2.05, 4.69) is 36.7 Å². The van der Waals surface area contributed by atoms with Crippen molar-refractivity contribution in [1.82, 2.24) is 20.2 Å². The van der Waals surface area contributed by atoms with Gasteiger partial charge < -0.3 is 0 Å². The summed E-state index contributed by atoms with van der Waals surface area (Å²) < 4.78 is 2.83. The Bertz CT molecular complexity index is 1340. The first-order valence-corrected chi connectivity index (χ1v) is 12.6. The molecule has 0 saturated heterocycles. The largest absolute Gasteiger partial charge is 0.272 e. The number of amides is 1. The van der Waals surface area contributed by atoms with E-state index in [4.69, 9.17) is 23.2 Å². The van der Waals surface area contributed by atoms with Crippen LogP contribution in [0.3, 0.4) is 0 Å². The molecule has 4 rings (SSSR count). The number of nitrogens with one attached hydrogen (secondary N) is 1. The minimum absolute atomic E-state index is 0.113. The summed E-state index contributed by atoms with van der Waals surface area (Å²) in [7, 11) is 0. The van der Waals surface area contributed by atoms with E-state index in [9.17, 15) is 4.79 Å². The van der Waals surface area contributed by atoms with Crippen molar-refractivity contribution < 1.29 is 4.79 Å². The number of carbonyl (C=O) groups is 1. The molecule has 1 amide bonds. The molecular formula is C24H18BrCl2N5OS. The number of hydrogen-bond donors (Lipinski definition) is 1. The number of rotatable bonds is 7. The molecule has 1 aromatic heterocycles. The standard InChI is InChI=1S/C24H18BrCl2N5OS/c1-15(17-3-2-4-18(25)13-17)28-29-22(33)14-34-24-31-30-23(16-5-7-19(26)8-6-16)32(24)21-11-9-20(27)10-12-21/h2-13H,14H2,1H3,(H,29,33)/b28-15+. The number of benzene rings is 3. The van der Waals surface area contributed by atoms with Crippen LogP contribution in [0.5, 0.6) is 0 Å². The molecule has 34 heavy (non-hydrogen) atoms. The predicted octanol–water partition coefficient (Wildman–Crippen LogP) is 6.64. The monoisotopic (exact) mass is 573 g/mol. The number of hydrazone groups is 1. The van der Waals surface area contributed by atoms with Crippen molar-refractivity contribution in [3.05, 3.63) is 92.9 Å². The van der Waals surface area contributed by atoms with Gasteiger partial charge in [0, 0.05) is 25.8 Å². The number of thioether (sulfide) groups is 1. The first kappa shape index (κ1) is 24.5. The summed E-state index contributed by atoms with van der Waals surface area (Å²) in [5.41, 5.74) is 5.89. The molecule has 0 aliphatic heterocycles. The summed E-state index contributed by atoms with van der Waals surface area (Å²) in [5.74, 6) is 0.491. The maximum absolute atomic E-state index is 12.5. The van der Waals surface area contributed by atoms with E-state index in [-0.39, 0.29) is 11.7 Å². The van der Waals surface area contributed by atoms with Gasteiger partial charge in [-0.15, -0.1) is 10.2 Å². The second kappa shape index (κ2) is 11.2. The average molecular weight is 575 g/mol. The Morgan fingerprint density at radius 1 is 1.03 bits per heavy atom. The molecule has 3 aromatic carbocycles. The topological polar surface area (TPSA) is 72.2 Å². The van der Waals surface area contributed by atoms with Gasteiger partial charge >= 0.3 is 0 Å². The quantitative estimate of drug-likeness (QED) is 0.153. The SMILES string of the molecule is C/C(=N\NC(=O)CSc1nnc(-c2ccc(Cl)cc2)n1-c1ccc(Cl)cc1)c1cccc(Br)c1. The van der Waals surface area contributed by atoms with Crippen molar-refractivity contribution in [2.45, 2.75) is 12.1 Å². The fourth-order valence-corrected chi connectivity index (χ4v) is 4.45. The van der Waals surface area contributed by atoms with Gasteiger partial charge in [-0.25, -0.2) is 5.43 Å². The average Bonchev–Trinajstić information content (AvgIpc) is 3.26. The van der Waals surface area contributed by atoms with Crippen LogP contribution in [0.4, 0.5) is 0 Å². The number of aromatic nitrogens is 3. The lowest BCUT2D eigenvalue weighted by Crippen LogP contribution is -2.21. The fraction of sp³-hybridized carbons (Fsp3) is 0.0833. The second-order valence-corrected chi connectivity index (χ2v) is 9.89. The Morgan fingerprint density at radius 2 is 1.71 bits per heavy atom. The lowest BCUT2D eigenvalue weighted by Gasteiger charge is -2.10. The first-order chi connectivity index (χ1) is 16.4. The molecule has 1 heterocycles. The summed E-state index contributed by atoms with van der Waals surface area (Å²) in [4.78, 5) is 12.5. The van der Waals surface area contributed by atoms with Crippen LogP contribution in [0, 0.1) is 0 Å². The Labute approximate surface area is 219 Å². The van der Waals surface area contributed by atoms with E-state index in [0.29, 0.717) is 26.7 Å². The molecule has 172 valence electrons. The number of nitrogens with zero attached hydrogens (tertiary/aromatic N) is 4. The highest BCUT2D eigenvalue weighted by Gasteiger charge is 2.17. The van der Waals surface area contributed by atoms with Crippen molar-refractivity contribution in [3.63, 3.8) is 0 Å². The van der Waals surface area contributed by atoms with Crippen LogP contribution in [0.25, 0.3) is 17.1 Å². The molecule has 0 spiro atoms. The van der Waals surface area contributed by atoms with Gasteiger partial charge in [-0.05, 0) is 73.2 Å². The maximum Gasteiger partial charge on any atom is 0.250 e. The van der Waals surface area contributed by atoms with Gasteiger partial charge in [-0.2, -0.15) is 5.10 Å². The van der Waals surface area contributed by atoms with Crippen LogP contribution in [0.1, 0.15) is 12.5 Å². The van der Waals surface area contributed by atoms with Crippen LogP contribution in [-0.2, 0) is 4.79 Å². The molecular weight excluding hydrogens is 557 g/mol. The summed E-state index contributed by atoms with van der Waals surface area (Å²) in [5, 5.41) is 14.7. The van der Waals surface area contributed by atoms with Crippen molar-refractivity contribution in [1.29, 1.82) is 0 Å². The van der Waals surface area contributed by atoms with E-state index >= 15 is 0 Å². The van der Waals surface area contributed by atoms with Crippen molar-refractivity contribution >= 4 is 62.5 Å². The van der Waals surface area contributed by atoms with Gasteiger partial charge in [-0.1, -0.05) is 63.0 Å². The van der Waals surface area contributed by atoms with E-state index < -0.39 is 0 Å². The molecule has 10 heteroatoms. The molecule has 0 atom stereocenters. The number of halogens is 3. The van der Waals surface area contributed by atoms with Gasteiger partial charge in [-0.3, -0.25) is 9.36 Å². The molecule has 0 fully saturated rings. The minimum Gasteiger partial charge on any atom is -0.272 e. The van der Waals surface area contributed by atoms with Gasteiger partial charge in [0.2, 0.25) is 0 Å². The second-order valence-electron chi connectivity index (χ2n) is 7.16. The van der Waals surface area contributed by atoms with E-state index in [0.717, 1.165) is 21.3 Å². The minimum atomic E-state index is -0.252. The van der Waals surface area contributed by atoms with Gasteiger partial charge in [0.05, 0.1) is 11.5 Å². The molecule has 6 nitrogen and oxygen atoms in total. The predicted molar refractivity (Wildman–Crippen MR) is 142 cm³/mol. The Balaban J connectivity index is 1.53. The number of carbonyl (C=O) groups excluding carboxylic acids is 1. The molecule has 4 aromatic rings. The zero-order valence-corrected chi connectivity index (χ0v) is 21.8.